The Kier molecular flexibility index (Phi) is 4.17. The molecule has 2 aromatic carbocycles. The zero-order valence-corrected chi connectivity index (χ0v) is 13.3. The molecule has 1 aromatic heterocycles. The smallest absolute Gasteiger partial charge is 0.292 e. The molecule has 0 aliphatic rings. The molecular formula is C18H15ClN2O2. The largest absolute Gasteiger partial charge is 0.354 e. The number of rotatable bonds is 4. The van der Waals surface area contributed by atoms with Crippen LogP contribution >= 0.6 is 11.6 Å². The zero-order valence-electron chi connectivity index (χ0n) is 12.5. The quantitative estimate of drug-likeness (QED) is 0.565. The number of carbonyl (C=O) groups excluding carboxylic acids is 2. The lowest BCUT2D eigenvalue weighted by Gasteiger charge is -2.05. The van der Waals surface area contributed by atoms with Crippen LogP contribution in [0.3, 0.4) is 0 Å². The van der Waals surface area contributed by atoms with Crippen LogP contribution in [0, 0.1) is 0 Å². The number of H-pyrrole nitrogens is 1. The Balaban J connectivity index is 2.21. The Hall–Kier alpha value is -2.59. The molecule has 2 N–H and O–H groups in total. The van der Waals surface area contributed by atoms with Crippen LogP contribution in [-0.4, -0.2) is 23.2 Å². The SMILES string of the molecule is CCNC(=O)C(=O)c1c(-c2ccc(Cl)cc2)[nH]c2ccccc12. The predicted molar refractivity (Wildman–Crippen MR) is 91.8 cm³/mol. The number of aromatic amines is 1. The second kappa shape index (κ2) is 6.26. The summed E-state index contributed by atoms with van der Waals surface area (Å²) in [5, 5.41) is 3.91. The minimum Gasteiger partial charge on any atom is -0.354 e. The van der Waals surface area contributed by atoms with Crippen LogP contribution in [-0.2, 0) is 4.79 Å². The lowest BCUT2D eigenvalue weighted by molar-refractivity contribution is -0.116. The van der Waals surface area contributed by atoms with E-state index in [2.05, 4.69) is 10.3 Å². The highest BCUT2D eigenvalue weighted by atomic mass is 35.5. The number of fused-ring (bicyclic) bond motifs is 1. The standard InChI is InChI=1S/C18H15ClN2O2/c1-2-20-18(23)17(22)15-13-5-3-4-6-14(13)21-16(15)11-7-9-12(19)10-8-11/h3-10,21H,2H2,1H3,(H,20,23). The summed E-state index contributed by atoms with van der Waals surface area (Å²) in [5.74, 6) is -1.15. The molecule has 0 spiro atoms. The molecule has 0 fully saturated rings. The summed E-state index contributed by atoms with van der Waals surface area (Å²) in [6.45, 7) is 2.18. The third kappa shape index (κ3) is 2.85. The number of likely N-dealkylation sites (N-methyl/N-ethyl adjacent to an activating group) is 1. The maximum Gasteiger partial charge on any atom is 0.292 e. The normalized spacial score (nSPS) is 10.7. The van der Waals surface area contributed by atoms with Crippen molar-refractivity contribution in [3.05, 3.63) is 59.1 Å². The van der Waals surface area contributed by atoms with Gasteiger partial charge in [-0.1, -0.05) is 41.9 Å². The van der Waals surface area contributed by atoms with E-state index in [4.69, 9.17) is 11.6 Å². The molecule has 0 atom stereocenters. The Morgan fingerprint density at radius 3 is 2.48 bits per heavy atom. The first-order valence-electron chi connectivity index (χ1n) is 7.31. The molecule has 0 saturated carbocycles. The van der Waals surface area contributed by atoms with E-state index in [9.17, 15) is 9.59 Å². The van der Waals surface area contributed by atoms with Gasteiger partial charge in [0.25, 0.3) is 11.7 Å². The molecule has 1 heterocycles. The molecule has 0 bridgehead atoms. The van der Waals surface area contributed by atoms with E-state index in [-0.39, 0.29) is 0 Å². The molecule has 1 amide bonds. The van der Waals surface area contributed by atoms with E-state index in [0.29, 0.717) is 22.8 Å². The van der Waals surface area contributed by atoms with Gasteiger partial charge in [-0.25, -0.2) is 0 Å². The number of hydrogen-bond acceptors (Lipinski definition) is 2. The van der Waals surface area contributed by atoms with Crippen LogP contribution in [0.15, 0.2) is 48.5 Å². The monoisotopic (exact) mass is 326 g/mol. The third-order valence-corrected chi connectivity index (χ3v) is 3.86. The number of nitrogens with one attached hydrogen (secondary N) is 2. The molecule has 0 unspecified atom stereocenters. The number of Topliss-reactive ketones (excluding diaryl/α,β-unsaturated/α-hetero) is 1. The van der Waals surface area contributed by atoms with Gasteiger partial charge >= 0.3 is 0 Å². The molecule has 0 radical (unpaired) electrons. The van der Waals surface area contributed by atoms with Crippen molar-refractivity contribution in [1.82, 2.24) is 10.3 Å². The second-order valence-corrected chi connectivity index (χ2v) is 5.55. The molecule has 23 heavy (non-hydrogen) atoms. The molecule has 0 aliphatic heterocycles. The van der Waals surface area contributed by atoms with Crippen molar-refractivity contribution in [1.29, 1.82) is 0 Å². The summed E-state index contributed by atoms with van der Waals surface area (Å²) in [4.78, 5) is 27.9. The van der Waals surface area contributed by atoms with Crippen LogP contribution in [0.5, 0.6) is 0 Å². The number of carbonyl (C=O) groups is 2. The first-order chi connectivity index (χ1) is 11.1. The van der Waals surface area contributed by atoms with Crippen molar-refractivity contribution in [3.63, 3.8) is 0 Å². The fourth-order valence-electron chi connectivity index (χ4n) is 2.57. The van der Waals surface area contributed by atoms with Gasteiger partial charge in [-0.3, -0.25) is 9.59 Å². The third-order valence-electron chi connectivity index (χ3n) is 3.61. The molecule has 5 heteroatoms. The van der Waals surface area contributed by atoms with Crippen LogP contribution in [0.1, 0.15) is 17.3 Å². The van der Waals surface area contributed by atoms with E-state index in [1.165, 1.54) is 0 Å². The highest BCUT2D eigenvalue weighted by Crippen LogP contribution is 2.31. The van der Waals surface area contributed by atoms with Gasteiger partial charge < -0.3 is 10.3 Å². The Morgan fingerprint density at radius 2 is 1.78 bits per heavy atom. The molecule has 116 valence electrons. The number of benzene rings is 2. The predicted octanol–water partition coefficient (Wildman–Crippen LogP) is 3.81. The average Bonchev–Trinajstić information content (AvgIpc) is 2.94. The van der Waals surface area contributed by atoms with E-state index in [1.54, 1.807) is 19.1 Å². The molecule has 0 saturated heterocycles. The molecule has 4 nitrogen and oxygen atoms in total. The summed E-state index contributed by atoms with van der Waals surface area (Å²) in [7, 11) is 0. The highest BCUT2D eigenvalue weighted by Gasteiger charge is 2.24. The minimum absolute atomic E-state index is 0.383. The number of ketones is 1. The maximum atomic E-state index is 12.6. The van der Waals surface area contributed by atoms with Gasteiger partial charge in [-0.15, -0.1) is 0 Å². The first kappa shape index (κ1) is 15.3. The number of amides is 1. The van der Waals surface area contributed by atoms with Crippen molar-refractivity contribution in [2.45, 2.75) is 6.92 Å². The van der Waals surface area contributed by atoms with Gasteiger partial charge in [-0.2, -0.15) is 0 Å². The Labute approximate surface area is 138 Å². The van der Waals surface area contributed by atoms with E-state index in [0.717, 1.165) is 16.5 Å². The van der Waals surface area contributed by atoms with E-state index in [1.807, 2.05) is 36.4 Å². The number of halogens is 1. The van der Waals surface area contributed by atoms with Gasteiger partial charge in [-0.05, 0) is 30.7 Å². The average molecular weight is 327 g/mol. The summed E-state index contributed by atoms with van der Waals surface area (Å²) in [6.07, 6.45) is 0. The van der Waals surface area contributed by atoms with E-state index < -0.39 is 11.7 Å². The van der Waals surface area contributed by atoms with Crippen LogP contribution < -0.4 is 5.32 Å². The van der Waals surface area contributed by atoms with Crippen molar-refractivity contribution in [2.24, 2.45) is 0 Å². The minimum atomic E-state index is -0.604. The lowest BCUT2D eigenvalue weighted by Crippen LogP contribution is -2.30. The fraction of sp³-hybridized carbons (Fsp3) is 0.111. The van der Waals surface area contributed by atoms with E-state index >= 15 is 0 Å². The first-order valence-corrected chi connectivity index (χ1v) is 7.68. The number of para-hydroxylation sites is 1. The summed E-state index contributed by atoms with van der Waals surface area (Å²) in [5.41, 5.74) is 2.62. The molecule has 3 aromatic rings. The van der Waals surface area contributed by atoms with Crippen LogP contribution in [0.4, 0.5) is 0 Å². The van der Waals surface area contributed by atoms with Gasteiger partial charge in [0.2, 0.25) is 0 Å². The fourth-order valence-corrected chi connectivity index (χ4v) is 2.69. The second-order valence-electron chi connectivity index (χ2n) is 5.12. The van der Waals surface area contributed by atoms with Gasteiger partial charge in [0.1, 0.15) is 0 Å². The number of aromatic nitrogens is 1. The van der Waals surface area contributed by atoms with Crippen molar-refractivity contribution in [3.8, 4) is 11.3 Å². The topological polar surface area (TPSA) is 62.0 Å². The van der Waals surface area contributed by atoms with Gasteiger partial charge in [0.05, 0.1) is 11.3 Å². The van der Waals surface area contributed by atoms with Crippen LogP contribution in [0.25, 0.3) is 22.2 Å². The Bertz CT molecular complexity index is 882. The summed E-state index contributed by atoms with van der Waals surface area (Å²) < 4.78 is 0. The maximum absolute atomic E-state index is 12.6. The summed E-state index contributed by atoms with van der Waals surface area (Å²) >= 11 is 5.93. The molecular weight excluding hydrogens is 312 g/mol. The highest BCUT2D eigenvalue weighted by molar-refractivity contribution is 6.46. The van der Waals surface area contributed by atoms with Crippen molar-refractivity contribution >= 4 is 34.2 Å². The zero-order chi connectivity index (χ0) is 16.4. The van der Waals surface area contributed by atoms with Crippen molar-refractivity contribution < 1.29 is 9.59 Å². The molecule has 3 rings (SSSR count). The number of hydrogen-bond donors (Lipinski definition) is 2. The lowest BCUT2D eigenvalue weighted by atomic mass is 10.0. The molecule has 0 aliphatic carbocycles. The van der Waals surface area contributed by atoms with Gasteiger partial charge in [0, 0.05) is 22.5 Å². The van der Waals surface area contributed by atoms with Crippen molar-refractivity contribution in [2.75, 3.05) is 6.54 Å². The Morgan fingerprint density at radius 1 is 1.09 bits per heavy atom. The summed E-state index contributed by atoms with van der Waals surface area (Å²) in [6, 6.07) is 14.6. The van der Waals surface area contributed by atoms with Gasteiger partial charge in [0.15, 0.2) is 0 Å². The van der Waals surface area contributed by atoms with Crippen LogP contribution in [0.2, 0.25) is 5.02 Å².